The van der Waals surface area contributed by atoms with Crippen LogP contribution in [0.4, 0.5) is 22.2 Å². The third-order valence-electron chi connectivity index (χ3n) is 6.11. The standard InChI is InChI=1S/C19H31N7O8PS/c1-19(30)12(27)10(7-33-35(31)36-8-9-15(28)26(5)18(29)24(9)3)34-16(19)25(4)13-11(21-2)14(32-6)23-17(20)22-13/h9-10,12,16,21,27,30H,7-8H2,1-6H3,(H2,20,22,23)/q+1/t9-,10+,12+,16+,19+/m0/s1. The minimum Gasteiger partial charge on any atom is -0.479 e. The van der Waals surface area contributed by atoms with Crippen molar-refractivity contribution in [2.75, 3.05) is 63.6 Å². The average molecular weight is 549 g/mol. The van der Waals surface area contributed by atoms with Gasteiger partial charge in [-0.1, -0.05) is 0 Å². The maximum Gasteiger partial charge on any atom is 0.585 e. The molecule has 17 heteroatoms. The number of urea groups is 1. The molecule has 2 aliphatic rings. The van der Waals surface area contributed by atoms with Gasteiger partial charge in [0.05, 0.1) is 12.9 Å². The number of nitrogens with zero attached hydrogens (tertiary/aromatic N) is 5. The van der Waals surface area contributed by atoms with E-state index in [2.05, 4.69) is 15.3 Å². The number of carbonyl (C=O) groups is 2. The van der Waals surface area contributed by atoms with E-state index in [0.717, 1.165) is 16.3 Å². The lowest BCUT2D eigenvalue weighted by Gasteiger charge is -2.34. The summed E-state index contributed by atoms with van der Waals surface area (Å²) in [7, 11) is 5.19. The number of nitrogen functional groups attached to an aromatic ring is 1. The van der Waals surface area contributed by atoms with Gasteiger partial charge in [-0.2, -0.15) is 9.97 Å². The van der Waals surface area contributed by atoms with Crippen molar-refractivity contribution in [1.29, 1.82) is 0 Å². The van der Waals surface area contributed by atoms with Gasteiger partial charge in [0.25, 0.3) is 5.91 Å². The quantitative estimate of drug-likeness (QED) is 0.219. The zero-order valence-electron chi connectivity index (χ0n) is 20.7. The van der Waals surface area contributed by atoms with Crippen LogP contribution in [0.25, 0.3) is 0 Å². The molecule has 3 amide bonds. The molecule has 6 atom stereocenters. The molecule has 0 aromatic carbocycles. The molecule has 0 spiro atoms. The van der Waals surface area contributed by atoms with Gasteiger partial charge < -0.3 is 40.5 Å². The van der Waals surface area contributed by atoms with Gasteiger partial charge >= 0.3 is 13.3 Å². The molecule has 1 unspecified atom stereocenters. The zero-order valence-corrected chi connectivity index (χ0v) is 22.4. The Kier molecular flexibility index (Phi) is 8.48. The fraction of sp³-hybridized carbons (Fsp3) is 0.684. The molecule has 2 aliphatic heterocycles. The molecule has 2 fully saturated rings. The predicted molar refractivity (Wildman–Crippen MR) is 132 cm³/mol. The van der Waals surface area contributed by atoms with Gasteiger partial charge in [0.2, 0.25) is 11.8 Å². The topological polar surface area (TPSA) is 193 Å². The lowest BCUT2D eigenvalue weighted by Crippen LogP contribution is -2.52. The summed E-state index contributed by atoms with van der Waals surface area (Å²) in [5.74, 6) is 0.0455. The van der Waals surface area contributed by atoms with Crippen LogP contribution in [0.2, 0.25) is 0 Å². The third-order valence-corrected chi connectivity index (χ3v) is 8.54. The number of hydrogen-bond acceptors (Lipinski definition) is 14. The van der Waals surface area contributed by atoms with Crippen LogP contribution in [0.3, 0.4) is 0 Å². The lowest BCUT2D eigenvalue weighted by atomic mass is 9.96. The zero-order chi connectivity index (χ0) is 26.9. The minimum atomic E-state index is -2.31. The Morgan fingerprint density at radius 2 is 2.03 bits per heavy atom. The van der Waals surface area contributed by atoms with Crippen LogP contribution in [0.15, 0.2) is 0 Å². The molecule has 0 aliphatic carbocycles. The fourth-order valence-electron chi connectivity index (χ4n) is 4.03. The van der Waals surface area contributed by atoms with E-state index in [-0.39, 0.29) is 30.0 Å². The van der Waals surface area contributed by atoms with E-state index < -0.39 is 49.2 Å². The van der Waals surface area contributed by atoms with Crippen LogP contribution in [0.1, 0.15) is 6.92 Å². The number of likely N-dealkylation sites (N-methyl/N-ethyl adjacent to an activating group) is 3. The summed E-state index contributed by atoms with van der Waals surface area (Å²) >= 11 is 0.867. The van der Waals surface area contributed by atoms with Crippen LogP contribution in [-0.2, 0) is 18.6 Å². The predicted octanol–water partition coefficient (Wildman–Crippen LogP) is -0.318. The summed E-state index contributed by atoms with van der Waals surface area (Å²) in [6.07, 6.45) is -3.52. The number of nitrogens with one attached hydrogen (secondary N) is 1. The Balaban J connectivity index is 1.65. The molecule has 1 aromatic rings. The van der Waals surface area contributed by atoms with Crippen LogP contribution in [0, 0.1) is 0 Å². The van der Waals surface area contributed by atoms with Gasteiger partial charge in [0.15, 0.2) is 23.4 Å². The number of aliphatic hydroxyl groups excluding tert-OH is 1. The van der Waals surface area contributed by atoms with Crippen molar-refractivity contribution in [3.05, 3.63) is 0 Å². The normalized spacial score (nSPS) is 28.6. The molecule has 1 aromatic heterocycles. The number of nitrogens with two attached hydrogens (primary N) is 1. The van der Waals surface area contributed by atoms with E-state index in [9.17, 15) is 24.4 Å². The summed E-state index contributed by atoms with van der Waals surface area (Å²) in [6, 6.07) is -1.19. The molecule has 5 N–H and O–H groups in total. The van der Waals surface area contributed by atoms with Crippen molar-refractivity contribution in [2.24, 2.45) is 0 Å². The van der Waals surface area contributed by atoms with E-state index in [1.165, 1.54) is 37.9 Å². The van der Waals surface area contributed by atoms with Crippen LogP contribution in [0.5, 0.6) is 5.88 Å². The number of anilines is 3. The molecule has 36 heavy (non-hydrogen) atoms. The molecule has 3 rings (SSSR count). The van der Waals surface area contributed by atoms with E-state index in [0.29, 0.717) is 5.69 Å². The number of hydrogen-bond donors (Lipinski definition) is 4. The monoisotopic (exact) mass is 548 g/mol. The second-order valence-electron chi connectivity index (χ2n) is 8.47. The van der Waals surface area contributed by atoms with Crippen molar-refractivity contribution in [3.8, 4) is 5.88 Å². The Hall–Kier alpha value is -2.49. The molecule has 3 heterocycles. The fourth-order valence-corrected chi connectivity index (χ4v) is 6.20. The molecule has 0 bridgehead atoms. The molecule has 200 valence electrons. The summed E-state index contributed by atoms with van der Waals surface area (Å²) in [5.41, 5.74) is 4.41. The number of aromatic nitrogens is 2. The van der Waals surface area contributed by atoms with Crippen molar-refractivity contribution in [1.82, 2.24) is 19.8 Å². The van der Waals surface area contributed by atoms with Crippen LogP contribution >= 0.6 is 18.6 Å². The van der Waals surface area contributed by atoms with Gasteiger partial charge in [-0.3, -0.25) is 9.69 Å². The first kappa shape index (κ1) is 28.1. The Morgan fingerprint density at radius 3 is 2.58 bits per heavy atom. The maximum atomic E-state index is 12.4. The summed E-state index contributed by atoms with van der Waals surface area (Å²) < 4.78 is 28.9. The largest absolute Gasteiger partial charge is 0.585 e. The van der Waals surface area contributed by atoms with Crippen molar-refractivity contribution >= 4 is 48.0 Å². The second-order valence-corrected chi connectivity index (χ2v) is 11.4. The first-order chi connectivity index (χ1) is 16.8. The van der Waals surface area contributed by atoms with Gasteiger partial charge in [0, 0.05) is 28.2 Å². The highest BCUT2D eigenvalue weighted by molar-refractivity contribution is 8.50. The molecular weight excluding hydrogens is 517 g/mol. The Morgan fingerprint density at radius 1 is 1.36 bits per heavy atom. The number of ether oxygens (including phenoxy) is 2. The number of aliphatic hydroxyl groups is 2. The maximum absolute atomic E-state index is 12.4. The van der Waals surface area contributed by atoms with E-state index in [4.69, 9.17) is 19.7 Å². The highest BCUT2D eigenvalue weighted by atomic mass is 32.7. The number of rotatable bonds is 10. The summed E-state index contributed by atoms with van der Waals surface area (Å²) in [6.45, 7) is 1.09. The molecular formula is C19H31N7O8PS+. The van der Waals surface area contributed by atoms with Crippen molar-refractivity contribution in [3.63, 3.8) is 0 Å². The summed E-state index contributed by atoms with van der Waals surface area (Å²) in [4.78, 5) is 36.0. The highest BCUT2D eigenvalue weighted by Crippen LogP contribution is 2.43. The van der Waals surface area contributed by atoms with Crippen LogP contribution < -0.4 is 20.7 Å². The number of carbonyl (C=O) groups excluding carboxylic acids is 2. The first-order valence-electron chi connectivity index (χ1n) is 10.8. The summed E-state index contributed by atoms with van der Waals surface area (Å²) in [5, 5.41) is 24.7. The number of methoxy groups -OCH3 is 1. The molecule has 0 radical (unpaired) electrons. The van der Waals surface area contributed by atoms with Gasteiger partial charge in [-0.05, 0) is 11.5 Å². The van der Waals surface area contributed by atoms with Crippen molar-refractivity contribution in [2.45, 2.75) is 37.0 Å². The number of imide groups is 1. The lowest BCUT2D eigenvalue weighted by molar-refractivity contribution is -0.126. The molecule has 15 nitrogen and oxygen atoms in total. The smallest absolute Gasteiger partial charge is 0.479 e. The average Bonchev–Trinajstić information content (AvgIpc) is 3.18. The van der Waals surface area contributed by atoms with Gasteiger partial charge in [-0.15, -0.1) is 4.52 Å². The highest BCUT2D eigenvalue weighted by Gasteiger charge is 2.55. The molecule has 2 saturated heterocycles. The Bertz CT molecular complexity index is 1030. The third kappa shape index (κ3) is 5.14. The van der Waals surface area contributed by atoms with E-state index in [1.807, 2.05) is 0 Å². The minimum absolute atomic E-state index is 0.0703. The first-order valence-corrected chi connectivity index (χ1v) is 13.6. The van der Waals surface area contributed by atoms with Crippen molar-refractivity contribution < 1.29 is 38.4 Å². The SMILES string of the molecule is CNc1c(OC)nc(N)nc1N(C)[C@@H]1O[C@H](CO[P+](=O)SC[C@H]2C(=O)N(C)C(=O)N2C)[C@@H](O)[C@@]1(C)O. The second kappa shape index (κ2) is 10.9. The van der Waals surface area contributed by atoms with E-state index in [1.54, 1.807) is 14.1 Å². The van der Waals surface area contributed by atoms with Gasteiger partial charge in [0.1, 0.15) is 36.1 Å². The Labute approximate surface area is 212 Å². The molecule has 0 saturated carbocycles. The van der Waals surface area contributed by atoms with Crippen LogP contribution in [-0.4, -0.2) is 120 Å². The van der Waals surface area contributed by atoms with E-state index >= 15 is 0 Å². The number of amides is 3. The van der Waals surface area contributed by atoms with Gasteiger partial charge in [-0.25, -0.2) is 4.79 Å².